The average molecular weight is 305 g/mol. The fourth-order valence-electron chi connectivity index (χ4n) is 2.37. The number of halogens is 1. The van der Waals surface area contributed by atoms with Gasteiger partial charge in [0, 0.05) is 41.6 Å². The Morgan fingerprint density at radius 1 is 1.25 bits per heavy atom. The van der Waals surface area contributed by atoms with E-state index in [0.29, 0.717) is 0 Å². The van der Waals surface area contributed by atoms with Crippen molar-refractivity contribution in [3.8, 4) is 0 Å². The number of para-hydroxylation sites is 1. The summed E-state index contributed by atoms with van der Waals surface area (Å²) in [6.45, 7) is 4.97. The van der Waals surface area contributed by atoms with E-state index < -0.39 is 0 Å². The molecule has 0 saturated carbocycles. The summed E-state index contributed by atoms with van der Waals surface area (Å²) in [5, 5.41) is 7.60. The second-order valence-corrected chi connectivity index (χ2v) is 6.30. The van der Waals surface area contributed by atoms with E-state index in [9.17, 15) is 0 Å². The molecule has 3 aromatic rings. The van der Waals surface area contributed by atoms with Gasteiger partial charge in [0.25, 0.3) is 0 Å². The minimum Gasteiger partial charge on any atom is -0.345 e. The van der Waals surface area contributed by atoms with Crippen molar-refractivity contribution in [2.75, 3.05) is 6.54 Å². The van der Waals surface area contributed by atoms with Crippen LogP contribution in [0.3, 0.4) is 0 Å². The maximum absolute atomic E-state index is 6.25. The molecule has 0 bridgehead atoms. The first kappa shape index (κ1) is 13.7. The van der Waals surface area contributed by atoms with E-state index in [1.54, 1.807) is 0 Å². The number of hydrogen-bond donors (Lipinski definition) is 1. The largest absolute Gasteiger partial charge is 0.345 e. The molecule has 0 radical (unpaired) electrons. The third kappa shape index (κ3) is 2.75. The molecule has 104 valence electrons. The molecule has 2 heterocycles. The molecule has 1 N–H and O–H groups in total. The molecule has 1 aromatic carbocycles. The Morgan fingerprint density at radius 2 is 2.10 bits per heavy atom. The van der Waals surface area contributed by atoms with Gasteiger partial charge < -0.3 is 9.88 Å². The van der Waals surface area contributed by atoms with Crippen LogP contribution in [0.25, 0.3) is 10.9 Å². The number of nitrogens with one attached hydrogen (secondary N) is 1. The van der Waals surface area contributed by atoms with Gasteiger partial charge in [0.15, 0.2) is 0 Å². The molecule has 0 saturated heterocycles. The van der Waals surface area contributed by atoms with E-state index in [0.717, 1.165) is 30.0 Å². The Labute approximate surface area is 128 Å². The number of fused-ring (bicyclic) bond motifs is 1. The molecule has 2 aromatic heterocycles. The highest BCUT2D eigenvalue weighted by Crippen LogP contribution is 2.25. The van der Waals surface area contributed by atoms with Crippen LogP contribution < -0.4 is 5.32 Å². The summed E-state index contributed by atoms with van der Waals surface area (Å²) >= 11 is 8.07. The van der Waals surface area contributed by atoms with Gasteiger partial charge in [-0.15, -0.1) is 11.3 Å². The molecule has 3 rings (SSSR count). The van der Waals surface area contributed by atoms with Crippen molar-refractivity contribution < 1.29 is 0 Å². The van der Waals surface area contributed by atoms with E-state index in [4.69, 9.17) is 11.6 Å². The minimum absolute atomic E-state index is 0.828. The monoisotopic (exact) mass is 304 g/mol. The molecule has 0 aliphatic heterocycles. The van der Waals surface area contributed by atoms with Crippen molar-refractivity contribution in [3.63, 3.8) is 0 Å². The molecule has 4 heteroatoms. The first-order valence-corrected chi connectivity index (χ1v) is 7.98. The zero-order valence-electron chi connectivity index (χ0n) is 11.4. The molecule has 0 aliphatic carbocycles. The summed E-state index contributed by atoms with van der Waals surface area (Å²) in [6, 6.07) is 10.4. The second kappa shape index (κ2) is 6.00. The van der Waals surface area contributed by atoms with Crippen molar-refractivity contribution in [2.45, 2.75) is 20.0 Å². The van der Waals surface area contributed by atoms with Crippen molar-refractivity contribution in [3.05, 3.63) is 57.4 Å². The lowest BCUT2D eigenvalue weighted by Gasteiger charge is -2.07. The molecule has 0 fully saturated rings. The van der Waals surface area contributed by atoms with Crippen molar-refractivity contribution >= 4 is 33.8 Å². The zero-order valence-corrected chi connectivity index (χ0v) is 13.0. The van der Waals surface area contributed by atoms with Gasteiger partial charge in [-0.3, -0.25) is 0 Å². The number of aryl methyl sites for hydroxylation is 1. The van der Waals surface area contributed by atoms with Crippen molar-refractivity contribution in [1.29, 1.82) is 0 Å². The number of aromatic nitrogens is 1. The van der Waals surface area contributed by atoms with Crippen LogP contribution in [0, 0.1) is 6.92 Å². The number of rotatable bonds is 5. The van der Waals surface area contributed by atoms with Gasteiger partial charge >= 0.3 is 0 Å². The topological polar surface area (TPSA) is 17.0 Å². The average Bonchev–Trinajstić information content (AvgIpc) is 3.00. The fraction of sp³-hybridized carbons (Fsp3) is 0.250. The second-order valence-electron chi connectivity index (χ2n) is 4.89. The highest BCUT2D eigenvalue weighted by Gasteiger charge is 2.05. The summed E-state index contributed by atoms with van der Waals surface area (Å²) < 4.78 is 2.21. The molecule has 20 heavy (non-hydrogen) atoms. The molecule has 0 atom stereocenters. The van der Waals surface area contributed by atoms with Crippen LogP contribution in [0.15, 0.2) is 41.9 Å². The normalized spacial score (nSPS) is 11.3. The smallest absolute Gasteiger partial charge is 0.0661 e. The van der Waals surface area contributed by atoms with Crippen LogP contribution in [0.5, 0.6) is 0 Å². The lowest BCUT2D eigenvalue weighted by Crippen LogP contribution is -2.19. The molecule has 0 amide bonds. The van der Waals surface area contributed by atoms with Gasteiger partial charge in [0.1, 0.15) is 0 Å². The molecular formula is C16H17ClN2S. The number of hydrogen-bond acceptors (Lipinski definition) is 2. The summed E-state index contributed by atoms with van der Waals surface area (Å²) in [6.07, 6.45) is 2.02. The quantitative estimate of drug-likeness (QED) is 0.689. The maximum Gasteiger partial charge on any atom is 0.0661 e. The summed E-state index contributed by atoms with van der Waals surface area (Å²) in [5.41, 5.74) is 2.57. The third-order valence-electron chi connectivity index (χ3n) is 3.52. The summed E-state index contributed by atoms with van der Waals surface area (Å²) in [5.74, 6) is 0. The van der Waals surface area contributed by atoms with E-state index >= 15 is 0 Å². The minimum atomic E-state index is 0.828. The van der Waals surface area contributed by atoms with Gasteiger partial charge in [-0.2, -0.15) is 0 Å². The highest BCUT2D eigenvalue weighted by atomic mass is 35.5. The van der Waals surface area contributed by atoms with Gasteiger partial charge in [-0.1, -0.05) is 29.8 Å². The first-order valence-electron chi connectivity index (χ1n) is 6.73. The first-order chi connectivity index (χ1) is 9.75. The van der Waals surface area contributed by atoms with Gasteiger partial charge in [0.2, 0.25) is 0 Å². The van der Waals surface area contributed by atoms with Crippen molar-refractivity contribution in [2.24, 2.45) is 0 Å². The standard InChI is InChI=1S/C16H17ClN2S/c1-12-6-9-20-16(12)10-18-7-8-19-11-14(17)13-4-2-3-5-15(13)19/h2-6,9,11,18H,7-8,10H2,1H3. The fourth-order valence-corrected chi connectivity index (χ4v) is 3.53. The van der Waals surface area contributed by atoms with E-state index in [1.165, 1.54) is 16.0 Å². The summed E-state index contributed by atoms with van der Waals surface area (Å²) in [4.78, 5) is 1.42. The molecule has 2 nitrogen and oxygen atoms in total. The van der Waals surface area contributed by atoms with Crippen LogP contribution in [-0.2, 0) is 13.1 Å². The third-order valence-corrected chi connectivity index (χ3v) is 4.85. The van der Waals surface area contributed by atoms with E-state index in [-0.39, 0.29) is 0 Å². The Morgan fingerprint density at radius 3 is 2.90 bits per heavy atom. The van der Waals surface area contributed by atoms with Gasteiger partial charge in [-0.05, 0) is 30.0 Å². The van der Waals surface area contributed by atoms with Crippen LogP contribution in [0.4, 0.5) is 0 Å². The van der Waals surface area contributed by atoms with Gasteiger partial charge in [0.05, 0.1) is 5.02 Å². The van der Waals surface area contributed by atoms with Crippen LogP contribution in [0.2, 0.25) is 5.02 Å². The lowest BCUT2D eigenvalue weighted by molar-refractivity contribution is 0.612. The maximum atomic E-state index is 6.25. The van der Waals surface area contributed by atoms with Crippen LogP contribution in [0.1, 0.15) is 10.4 Å². The number of thiophene rings is 1. The van der Waals surface area contributed by atoms with Crippen LogP contribution in [-0.4, -0.2) is 11.1 Å². The van der Waals surface area contributed by atoms with E-state index in [1.807, 2.05) is 23.6 Å². The Kier molecular flexibility index (Phi) is 4.10. The molecule has 0 spiro atoms. The Balaban J connectivity index is 1.62. The van der Waals surface area contributed by atoms with E-state index in [2.05, 4.69) is 46.5 Å². The Hall–Kier alpha value is -1.29. The SMILES string of the molecule is Cc1ccsc1CNCCn1cc(Cl)c2ccccc21. The lowest BCUT2D eigenvalue weighted by atomic mass is 10.2. The van der Waals surface area contributed by atoms with Crippen LogP contribution >= 0.6 is 22.9 Å². The number of benzene rings is 1. The molecule has 0 unspecified atom stereocenters. The predicted octanol–water partition coefficient (Wildman–Crippen LogP) is 4.45. The highest BCUT2D eigenvalue weighted by molar-refractivity contribution is 7.10. The Bertz CT molecular complexity index is 714. The molecule has 0 aliphatic rings. The summed E-state index contributed by atoms with van der Waals surface area (Å²) in [7, 11) is 0. The number of nitrogens with zero attached hydrogens (tertiary/aromatic N) is 1. The molecular weight excluding hydrogens is 288 g/mol. The zero-order chi connectivity index (χ0) is 13.9. The van der Waals surface area contributed by atoms with Crippen molar-refractivity contribution in [1.82, 2.24) is 9.88 Å². The van der Waals surface area contributed by atoms with Gasteiger partial charge in [-0.25, -0.2) is 0 Å². The predicted molar refractivity (Wildman–Crippen MR) is 87.7 cm³/mol.